The van der Waals surface area contributed by atoms with E-state index in [1.165, 1.54) is 0 Å². The Balaban J connectivity index is 1.80. The Morgan fingerprint density at radius 1 is 1.03 bits per heavy atom. The van der Waals surface area contributed by atoms with Crippen molar-refractivity contribution in [1.82, 2.24) is 9.58 Å². The molecule has 0 bridgehead atoms. The van der Waals surface area contributed by atoms with Crippen LogP contribution < -0.4 is 24.7 Å². The van der Waals surface area contributed by atoms with Crippen LogP contribution in [-0.4, -0.2) is 48.8 Å². The third-order valence-corrected chi connectivity index (χ3v) is 5.91. The molecule has 3 aromatic rings. The fourth-order valence-electron chi connectivity index (χ4n) is 4.17. The predicted octanol–water partition coefficient (Wildman–Crippen LogP) is 3.61. The van der Waals surface area contributed by atoms with Gasteiger partial charge in [-0.2, -0.15) is 5.10 Å². The van der Waals surface area contributed by atoms with Crippen LogP contribution in [0, 0.1) is 0 Å². The van der Waals surface area contributed by atoms with Gasteiger partial charge in [0.15, 0.2) is 16.6 Å². The molecule has 32 heavy (non-hydrogen) atoms. The van der Waals surface area contributed by atoms with Crippen LogP contribution in [0.25, 0.3) is 10.9 Å². The molecule has 0 saturated carbocycles. The zero-order valence-corrected chi connectivity index (χ0v) is 19.5. The number of nitrogens with two attached hydrogens (primary N) is 1. The molecule has 9 heteroatoms. The molecule has 4 rings (SSSR count). The lowest BCUT2D eigenvalue weighted by atomic mass is 9.97. The monoisotopic (exact) mass is 454 g/mol. The lowest BCUT2D eigenvalue weighted by Gasteiger charge is -2.21. The average molecular weight is 455 g/mol. The Hall–Kier alpha value is -3.46. The molecule has 0 aliphatic carbocycles. The number of nitrogens with zero attached hydrogens (tertiary/aromatic N) is 3. The summed E-state index contributed by atoms with van der Waals surface area (Å²) in [5.74, 6) is 2.44. The second kappa shape index (κ2) is 8.58. The molecule has 1 aromatic heterocycles. The van der Waals surface area contributed by atoms with Gasteiger partial charge in [0.1, 0.15) is 5.75 Å². The second-order valence-corrected chi connectivity index (χ2v) is 7.86. The highest BCUT2D eigenvalue weighted by Crippen LogP contribution is 2.42. The van der Waals surface area contributed by atoms with Gasteiger partial charge >= 0.3 is 0 Å². The highest BCUT2D eigenvalue weighted by atomic mass is 32.1. The molecule has 0 amide bonds. The van der Waals surface area contributed by atoms with E-state index >= 15 is 0 Å². The minimum Gasteiger partial charge on any atom is -0.497 e. The summed E-state index contributed by atoms with van der Waals surface area (Å²) in [4.78, 5) is 0. The number of hydrogen-bond donors (Lipinski definition) is 1. The first-order chi connectivity index (χ1) is 15.4. The van der Waals surface area contributed by atoms with E-state index in [0.717, 1.165) is 33.5 Å². The van der Waals surface area contributed by atoms with Gasteiger partial charge in [0.25, 0.3) is 0 Å². The molecule has 1 aliphatic heterocycles. The Kier molecular flexibility index (Phi) is 5.84. The Bertz CT molecular complexity index is 1200. The van der Waals surface area contributed by atoms with Gasteiger partial charge in [-0.15, -0.1) is 0 Å². The molecular formula is C23H26N4O4S. The zero-order chi connectivity index (χ0) is 23.0. The van der Waals surface area contributed by atoms with E-state index in [4.69, 9.17) is 42.0 Å². The number of aromatic nitrogens is 1. The molecule has 0 saturated heterocycles. The van der Waals surface area contributed by atoms with Crippen molar-refractivity contribution in [2.75, 3.05) is 28.4 Å². The number of aryl methyl sites for hydroxylation is 1. The number of benzene rings is 2. The fraction of sp³-hybridized carbons (Fsp3) is 0.304. The lowest BCUT2D eigenvalue weighted by molar-refractivity contribution is 0.324. The van der Waals surface area contributed by atoms with Crippen molar-refractivity contribution in [1.29, 1.82) is 0 Å². The normalized spacial score (nSPS) is 15.6. The number of ether oxygens (including phenoxy) is 4. The maximum atomic E-state index is 6.08. The smallest absolute Gasteiger partial charge is 0.203 e. The number of methoxy groups -OCH3 is 4. The van der Waals surface area contributed by atoms with E-state index in [0.29, 0.717) is 23.7 Å². The second-order valence-electron chi connectivity index (χ2n) is 7.44. The number of rotatable bonds is 6. The molecule has 1 aliphatic rings. The zero-order valence-electron chi connectivity index (χ0n) is 18.7. The summed E-state index contributed by atoms with van der Waals surface area (Å²) in [5, 5.41) is 7.74. The molecule has 168 valence electrons. The molecule has 0 radical (unpaired) electrons. The molecule has 8 nitrogen and oxygen atoms in total. The van der Waals surface area contributed by atoms with Crippen molar-refractivity contribution in [3.8, 4) is 23.0 Å². The molecule has 2 aromatic carbocycles. The minimum absolute atomic E-state index is 0.155. The van der Waals surface area contributed by atoms with Crippen LogP contribution in [0.1, 0.15) is 23.6 Å². The molecule has 1 unspecified atom stereocenters. The first-order valence-corrected chi connectivity index (χ1v) is 10.4. The van der Waals surface area contributed by atoms with Gasteiger partial charge in [0.05, 0.1) is 40.2 Å². The van der Waals surface area contributed by atoms with Crippen LogP contribution in [0.4, 0.5) is 0 Å². The molecule has 0 fully saturated rings. The molecule has 2 N–H and O–H groups in total. The summed E-state index contributed by atoms with van der Waals surface area (Å²) < 4.78 is 24.0. The van der Waals surface area contributed by atoms with Gasteiger partial charge in [0, 0.05) is 41.7 Å². The topological polar surface area (TPSA) is 83.5 Å². The van der Waals surface area contributed by atoms with Crippen molar-refractivity contribution in [2.45, 2.75) is 12.5 Å². The van der Waals surface area contributed by atoms with Crippen LogP contribution in [0.2, 0.25) is 0 Å². The van der Waals surface area contributed by atoms with Gasteiger partial charge in [-0.05, 0) is 42.5 Å². The van der Waals surface area contributed by atoms with Crippen molar-refractivity contribution < 1.29 is 18.9 Å². The SMILES string of the molecule is COc1ccc2c(c1)c(C1CC(c3cc(OC)c(OC)c(OC)c3)=NN1C(N)=S)cn2C. The Morgan fingerprint density at radius 2 is 1.72 bits per heavy atom. The molecule has 2 heterocycles. The van der Waals surface area contributed by atoms with Crippen molar-refractivity contribution in [2.24, 2.45) is 17.9 Å². The van der Waals surface area contributed by atoms with Crippen LogP contribution >= 0.6 is 12.2 Å². The van der Waals surface area contributed by atoms with E-state index in [1.54, 1.807) is 33.4 Å². The number of hydrogen-bond acceptors (Lipinski definition) is 6. The first-order valence-electron chi connectivity index (χ1n) is 10.0. The van der Waals surface area contributed by atoms with Gasteiger partial charge in [-0.1, -0.05) is 0 Å². The number of fused-ring (bicyclic) bond motifs is 1. The Morgan fingerprint density at radius 3 is 2.28 bits per heavy atom. The van der Waals surface area contributed by atoms with Crippen LogP contribution in [-0.2, 0) is 7.05 Å². The van der Waals surface area contributed by atoms with Crippen molar-refractivity contribution in [3.63, 3.8) is 0 Å². The van der Waals surface area contributed by atoms with Gasteiger partial charge < -0.3 is 29.2 Å². The summed E-state index contributed by atoms with van der Waals surface area (Å²) in [6.07, 6.45) is 2.69. The predicted molar refractivity (Wildman–Crippen MR) is 128 cm³/mol. The van der Waals surface area contributed by atoms with Gasteiger partial charge in [-0.3, -0.25) is 0 Å². The van der Waals surface area contributed by atoms with E-state index in [9.17, 15) is 0 Å². The largest absolute Gasteiger partial charge is 0.497 e. The first kappa shape index (κ1) is 21.8. The van der Waals surface area contributed by atoms with Crippen LogP contribution in [0.5, 0.6) is 23.0 Å². The van der Waals surface area contributed by atoms with Crippen molar-refractivity contribution in [3.05, 3.63) is 47.7 Å². The highest BCUT2D eigenvalue weighted by molar-refractivity contribution is 7.80. The van der Waals surface area contributed by atoms with Gasteiger partial charge in [0.2, 0.25) is 5.75 Å². The maximum Gasteiger partial charge on any atom is 0.203 e. The van der Waals surface area contributed by atoms with Crippen LogP contribution in [0.3, 0.4) is 0 Å². The molecule has 1 atom stereocenters. The summed E-state index contributed by atoms with van der Waals surface area (Å²) in [5.41, 5.74) is 9.91. The summed E-state index contributed by atoms with van der Waals surface area (Å²) in [6.45, 7) is 0. The quantitative estimate of drug-likeness (QED) is 0.570. The Labute approximate surface area is 192 Å². The van der Waals surface area contributed by atoms with E-state index < -0.39 is 0 Å². The molecular weight excluding hydrogens is 428 g/mol. The number of hydrazone groups is 1. The lowest BCUT2D eigenvalue weighted by Crippen LogP contribution is -2.31. The minimum atomic E-state index is -0.155. The maximum absolute atomic E-state index is 6.08. The van der Waals surface area contributed by atoms with E-state index in [1.807, 2.05) is 37.4 Å². The number of thiocarbonyl (C=S) groups is 1. The highest BCUT2D eigenvalue weighted by Gasteiger charge is 2.33. The van der Waals surface area contributed by atoms with Crippen LogP contribution in [0.15, 0.2) is 41.6 Å². The van der Waals surface area contributed by atoms with E-state index in [2.05, 4.69) is 10.8 Å². The molecule has 0 spiro atoms. The summed E-state index contributed by atoms with van der Waals surface area (Å²) >= 11 is 5.35. The third-order valence-electron chi connectivity index (χ3n) is 5.72. The fourth-order valence-corrected chi connectivity index (χ4v) is 4.34. The summed E-state index contributed by atoms with van der Waals surface area (Å²) in [6, 6.07) is 9.62. The average Bonchev–Trinajstić information content (AvgIpc) is 3.39. The van der Waals surface area contributed by atoms with Gasteiger partial charge in [-0.25, -0.2) is 5.01 Å². The third kappa shape index (κ3) is 3.58. The standard InChI is InChI=1S/C23H26N4O4S/c1-26-12-16(15-10-14(28-2)6-7-18(15)26)19-11-17(25-27(19)23(24)32)13-8-20(29-3)22(31-5)21(9-13)30-4/h6-10,12,19H,11H2,1-5H3,(H2,24,32). The van der Waals surface area contributed by atoms with Crippen molar-refractivity contribution >= 4 is 33.9 Å². The van der Waals surface area contributed by atoms with E-state index in [-0.39, 0.29) is 11.2 Å². The summed E-state index contributed by atoms with van der Waals surface area (Å²) in [7, 11) is 8.43.